The molecule has 0 saturated heterocycles. The van der Waals surface area contributed by atoms with Crippen LogP contribution in [0.5, 0.6) is 0 Å². The van der Waals surface area contributed by atoms with Gasteiger partial charge in [0.25, 0.3) is 0 Å². The number of rotatable bonds is 5. The van der Waals surface area contributed by atoms with E-state index in [0.717, 1.165) is 5.69 Å². The molecular formula is C8H13N3O2. The van der Waals surface area contributed by atoms with Crippen molar-refractivity contribution in [1.82, 2.24) is 15.5 Å². The monoisotopic (exact) mass is 183 g/mol. The number of carboxylic acid groups (broad SMARTS) is 1. The number of nitrogens with zero attached hydrogens (tertiary/aromatic N) is 1. The van der Waals surface area contributed by atoms with Crippen LogP contribution in [0.1, 0.15) is 25.1 Å². The Bertz CT molecular complexity index is 258. The summed E-state index contributed by atoms with van der Waals surface area (Å²) in [5.74, 6) is -0.788. The quantitative estimate of drug-likeness (QED) is 0.622. The highest BCUT2D eigenvalue weighted by Gasteiger charge is 2.05. The molecule has 0 saturated carbocycles. The molecule has 1 aromatic rings. The van der Waals surface area contributed by atoms with Gasteiger partial charge in [-0.05, 0) is 13.0 Å². The first-order valence-electron chi connectivity index (χ1n) is 4.14. The van der Waals surface area contributed by atoms with E-state index in [0.29, 0.717) is 6.54 Å². The number of aromatic nitrogens is 2. The van der Waals surface area contributed by atoms with Crippen LogP contribution in [0.25, 0.3) is 0 Å². The molecule has 0 radical (unpaired) electrons. The Morgan fingerprint density at radius 2 is 2.62 bits per heavy atom. The van der Waals surface area contributed by atoms with Crippen molar-refractivity contribution in [2.75, 3.05) is 6.54 Å². The lowest BCUT2D eigenvalue weighted by atomic mass is 10.2. The van der Waals surface area contributed by atoms with Crippen LogP contribution in [-0.2, 0) is 4.79 Å². The Labute approximate surface area is 76.2 Å². The van der Waals surface area contributed by atoms with Gasteiger partial charge in [-0.2, -0.15) is 5.10 Å². The summed E-state index contributed by atoms with van der Waals surface area (Å²) in [6.07, 6.45) is 1.81. The first kappa shape index (κ1) is 9.73. The Morgan fingerprint density at radius 3 is 3.15 bits per heavy atom. The van der Waals surface area contributed by atoms with Gasteiger partial charge in [-0.1, -0.05) is 0 Å². The van der Waals surface area contributed by atoms with Crippen molar-refractivity contribution in [1.29, 1.82) is 0 Å². The van der Waals surface area contributed by atoms with E-state index in [1.165, 1.54) is 0 Å². The molecule has 1 aromatic heterocycles. The van der Waals surface area contributed by atoms with Gasteiger partial charge in [-0.3, -0.25) is 9.89 Å². The highest BCUT2D eigenvalue weighted by molar-refractivity contribution is 5.66. The smallest absolute Gasteiger partial charge is 0.304 e. The summed E-state index contributed by atoms with van der Waals surface area (Å²) in [6, 6.07) is 1.97. The lowest BCUT2D eigenvalue weighted by Gasteiger charge is -2.09. The third kappa shape index (κ3) is 3.25. The Hall–Kier alpha value is -1.36. The molecule has 0 amide bonds. The summed E-state index contributed by atoms with van der Waals surface area (Å²) >= 11 is 0. The number of aromatic amines is 1. The van der Waals surface area contributed by atoms with Crippen LogP contribution in [0.15, 0.2) is 12.3 Å². The van der Waals surface area contributed by atoms with Gasteiger partial charge in [0.2, 0.25) is 0 Å². The van der Waals surface area contributed by atoms with Gasteiger partial charge >= 0.3 is 5.97 Å². The largest absolute Gasteiger partial charge is 0.481 e. The first-order chi connectivity index (χ1) is 6.20. The molecule has 0 aliphatic carbocycles. The van der Waals surface area contributed by atoms with Crippen molar-refractivity contribution in [2.24, 2.45) is 0 Å². The van der Waals surface area contributed by atoms with Crippen LogP contribution in [-0.4, -0.2) is 27.8 Å². The summed E-state index contributed by atoms with van der Waals surface area (Å²) in [6.45, 7) is 2.42. The van der Waals surface area contributed by atoms with Gasteiger partial charge in [0.05, 0.1) is 12.1 Å². The van der Waals surface area contributed by atoms with Gasteiger partial charge in [-0.15, -0.1) is 0 Å². The molecule has 72 valence electrons. The first-order valence-corrected chi connectivity index (χ1v) is 4.14. The molecule has 0 aromatic carbocycles. The Morgan fingerprint density at radius 1 is 1.85 bits per heavy atom. The summed E-state index contributed by atoms with van der Waals surface area (Å²) < 4.78 is 0. The Kier molecular flexibility index (Phi) is 3.45. The normalized spacial score (nSPS) is 12.7. The fraction of sp³-hybridized carbons (Fsp3) is 0.500. The number of aliphatic carboxylic acids is 1. The molecule has 0 bridgehead atoms. The summed E-state index contributed by atoms with van der Waals surface area (Å²) in [5.41, 5.74) is 0.963. The number of hydrogen-bond donors (Lipinski definition) is 3. The van der Waals surface area contributed by atoms with Crippen LogP contribution in [0.3, 0.4) is 0 Å². The molecule has 0 aliphatic rings. The third-order valence-corrected chi connectivity index (χ3v) is 1.78. The van der Waals surface area contributed by atoms with Gasteiger partial charge < -0.3 is 10.4 Å². The number of H-pyrrole nitrogens is 1. The fourth-order valence-corrected chi connectivity index (χ4v) is 1.01. The zero-order valence-corrected chi connectivity index (χ0v) is 7.45. The SMILES string of the molecule is CC(NCCC(=O)O)c1ccn[nH]1. The molecule has 1 atom stereocenters. The second-order valence-electron chi connectivity index (χ2n) is 2.83. The second kappa shape index (κ2) is 4.61. The van der Waals surface area contributed by atoms with Crippen LogP contribution in [0, 0.1) is 0 Å². The van der Waals surface area contributed by atoms with E-state index in [-0.39, 0.29) is 12.5 Å². The maximum Gasteiger partial charge on any atom is 0.304 e. The van der Waals surface area contributed by atoms with E-state index >= 15 is 0 Å². The molecule has 0 aliphatic heterocycles. The zero-order valence-electron chi connectivity index (χ0n) is 7.45. The average Bonchev–Trinajstić information content (AvgIpc) is 2.55. The predicted molar refractivity (Wildman–Crippen MR) is 47.3 cm³/mol. The second-order valence-corrected chi connectivity index (χ2v) is 2.83. The van der Waals surface area contributed by atoms with Crippen molar-refractivity contribution in [3.05, 3.63) is 18.0 Å². The molecule has 5 nitrogen and oxygen atoms in total. The van der Waals surface area contributed by atoms with Crippen LogP contribution in [0.4, 0.5) is 0 Å². The third-order valence-electron chi connectivity index (χ3n) is 1.78. The van der Waals surface area contributed by atoms with Gasteiger partial charge in [0.15, 0.2) is 0 Å². The maximum atomic E-state index is 10.2. The summed E-state index contributed by atoms with van der Waals surface area (Å²) in [5, 5.41) is 18.1. The van der Waals surface area contributed by atoms with Crippen molar-refractivity contribution in [3.8, 4) is 0 Å². The number of hydrogen-bond acceptors (Lipinski definition) is 3. The number of carboxylic acids is 1. The zero-order chi connectivity index (χ0) is 9.68. The summed E-state index contributed by atoms with van der Waals surface area (Å²) in [4.78, 5) is 10.2. The van der Waals surface area contributed by atoms with Crippen molar-refractivity contribution < 1.29 is 9.90 Å². The van der Waals surface area contributed by atoms with E-state index in [9.17, 15) is 4.79 Å². The molecular weight excluding hydrogens is 170 g/mol. The van der Waals surface area contributed by atoms with E-state index in [2.05, 4.69) is 15.5 Å². The lowest BCUT2D eigenvalue weighted by Crippen LogP contribution is -2.22. The van der Waals surface area contributed by atoms with E-state index in [1.54, 1.807) is 6.20 Å². The molecule has 5 heteroatoms. The molecule has 1 unspecified atom stereocenters. The molecule has 13 heavy (non-hydrogen) atoms. The Balaban J connectivity index is 2.26. The minimum Gasteiger partial charge on any atom is -0.481 e. The maximum absolute atomic E-state index is 10.2. The summed E-state index contributed by atoms with van der Waals surface area (Å²) in [7, 11) is 0. The van der Waals surface area contributed by atoms with E-state index in [4.69, 9.17) is 5.11 Å². The van der Waals surface area contributed by atoms with Gasteiger partial charge in [0, 0.05) is 18.8 Å². The van der Waals surface area contributed by atoms with Gasteiger partial charge in [0.1, 0.15) is 0 Å². The number of carbonyl (C=O) groups is 1. The standard InChI is InChI=1S/C8H13N3O2/c1-6(7-2-5-10-11-7)9-4-3-8(12)13/h2,5-6,9H,3-4H2,1H3,(H,10,11)(H,12,13). The predicted octanol–water partition coefficient (Wildman–Crippen LogP) is 0.535. The van der Waals surface area contributed by atoms with Crippen LogP contribution >= 0.6 is 0 Å². The van der Waals surface area contributed by atoms with E-state index in [1.807, 2.05) is 13.0 Å². The minimum atomic E-state index is -0.788. The van der Waals surface area contributed by atoms with E-state index < -0.39 is 5.97 Å². The molecule has 0 fully saturated rings. The highest BCUT2D eigenvalue weighted by Crippen LogP contribution is 2.06. The molecule has 1 heterocycles. The minimum absolute atomic E-state index is 0.113. The topological polar surface area (TPSA) is 78.0 Å². The molecule has 3 N–H and O–H groups in total. The van der Waals surface area contributed by atoms with Crippen LogP contribution in [0.2, 0.25) is 0 Å². The van der Waals surface area contributed by atoms with Crippen molar-refractivity contribution >= 4 is 5.97 Å². The number of nitrogens with one attached hydrogen (secondary N) is 2. The van der Waals surface area contributed by atoms with Crippen molar-refractivity contribution in [3.63, 3.8) is 0 Å². The highest BCUT2D eigenvalue weighted by atomic mass is 16.4. The molecule has 0 spiro atoms. The van der Waals surface area contributed by atoms with Gasteiger partial charge in [-0.25, -0.2) is 0 Å². The molecule has 1 rings (SSSR count). The van der Waals surface area contributed by atoms with Crippen molar-refractivity contribution in [2.45, 2.75) is 19.4 Å². The average molecular weight is 183 g/mol. The fourth-order valence-electron chi connectivity index (χ4n) is 1.01. The lowest BCUT2D eigenvalue weighted by molar-refractivity contribution is -0.136. The van der Waals surface area contributed by atoms with Crippen LogP contribution < -0.4 is 5.32 Å².